The van der Waals surface area contributed by atoms with Crippen LogP contribution in [0.25, 0.3) is 0 Å². The maximum atomic E-state index is 12.6. The number of nitrogens with zero attached hydrogens (tertiary/aromatic N) is 1. The smallest absolute Gasteiger partial charge is 0.430 e. The van der Waals surface area contributed by atoms with Crippen LogP contribution < -0.4 is 20.2 Å². The van der Waals surface area contributed by atoms with Gasteiger partial charge in [-0.05, 0) is 35.7 Å². The Labute approximate surface area is 177 Å². The molecule has 1 fully saturated rings. The molecule has 0 spiro atoms. The Kier molecular flexibility index (Phi) is 5.25. The van der Waals surface area contributed by atoms with Gasteiger partial charge in [0.25, 0.3) is 0 Å². The van der Waals surface area contributed by atoms with Crippen molar-refractivity contribution in [2.45, 2.75) is 24.9 Å². The van der Waals surface area contributed by atoms with Crippen LogP contribution in [0.1, 0.15) is 27.5 Å². The predicted octanol–water partition coefficient (Wildman–Crippen LogP) is -1.10. The molecule has 0 radical (unpaired) electrons. The molecule has 0 unspecified atom stereocenters. The summed E-state index contributed by atoms with van der Waals surface area (Å²) in [5.74, 6) is -2.03. The van der Waals surface area contributed by atoms with Crippen molar-refractivity contribution in [1.29, 1.82) is 0 Å². The summed E-state index contributed by atoms with van der Waals surface area (Å²) >= 11 is 0. The van der Waals surface area contributed by atoms with Crippen LogP contribution in [-0.2, 0) is 11.2 Å². The first-order valence-electron chi connectivity index (χ1n) is 9.81. The molecular weight excluding hydrogens is 407 g/mol. The Hall–Kier alpha value is -3.28. The van der Waals surface area contributed by atoms with E-state index in [1.807, 2.05) is 0 Å². The highest BCUT2D eigenvalue weighted by atomic mass is 16.6. The van der Waals surface area contributed by atoms with Gasteiger partial charge in [0.1, 0.15) is 23.6 Å². The van der Waals surface area contributed by atoms with Crippen LogP contribution in [0.2, 0.25) is 6.32 Å². The van der Waals surface area contributed by atoms with Gasteiger partial charge in [-0.3, -0.25) is 4.79 Å². The first-order valence-corrected chi connectivity index (χ1v) is 9.81. The lowest BCUT2D eigenvalue weighted by atomic mass is 9.70. The molecule has 0 saturated carbocycles. The number of likely N-dealkylation sites (tertiary alicyclic amines) is 1. The maximum Gasteiger partial charge on any atom is 0.430 e. The van der Waals surface area contributed by atoms with Gasteiger partial charge in [0.15, 0.2) is 0 Å². The SMILES string of the molecule is N[C@@H](C(=O)N1CC(Oc2ccc3c(c2C(=O)[O-])O[B-](O)(O)CC3)C1)c1ccc(O)cc1. The summed E-state index contributed by atoms with van der Waals surface area (Å²) in [6.45, 7) is -2.76. The number of carboxylic acids is 1. The van der Waals surface area contributed by atoms with E-state index < -0.39 is 30.4 Å². The number of aromatic hydroxyl groups is 1. The molecule has 164 valence electrons. The average molecular weight is 428 g/mol. The highest BCUT2D eigenvalue weighted by Gasteiger charge is 2.37. The number of hydrogen-bond donors (Lipinski definition) is 4. The second-order valence-corrected chi connectivity index (χ2v) is 7.78. The molecule has 4 rings (SSSR count). The molecule has 2 aromatic rings. The molecular formula is C20H21BN2O8-2. The maximum absolute atomic E-state index is 12.6. The van der Waals surface area contributed by atoms with Crippen molar-refractivity contribution in [1.82, 2.24) is 4.90 Å². The minimum atomic E-state index is -3.15. The molecule has 2 aromatic carbocycles. The van der Waals surface area contributed by atoms with E-state index >= 15 is 0 Å². The fraction of sp³-hybridized carbons (Fsp3) is 0.300. The number of carbonyl (C=O) groups excluding carboxylic acids is 2. The minimum absolute atomic E-state index is 0.0350. The summed E-state index contributed by atoms with van der Waals surface area (Å²) in [6, 6.07) is 8.18. The van der Waals surface area contributed by atoms with Crippen LogP contribution in [0.15, 0.2) is 36.4 Å². The summed E-state index contributed by atoms with van der Waals surface area (Å²) in [7, 11) is 0. The van der Waals surface area contributed by atoms with E-state index in [-0.39, 0.29) is 49.0 Å². The molecule has 2 heterocycles. The summed E-state index contributed by atoms with van der Waals surface area (Å²) in [6.07, 6.45) is -0.279. The highest BCUT2D eigenvalue weighted by molar-refractivity contribution is 6.59. The number of phenols is 1. The number of nitrogens with two attached hydrogens (primary N) is 1. The first kappa shape index (κ1) is 21.0. The van der Waals surface area contributed by atoms with Crippen LogP contribution in [0.3, 0.4) is 0 Å². The molecule has 0 aliphatic carbocycles. The van der Waals surface area contributed by atoms with Crippen LogP contribution in [0, 0.1) is 0 Å². The normalized spacial score (nSPS) is 18.4. The van der Waals surface area contributed by atoms with E-state index in [4.69, 9.17) is 15.1 Å². The van der Waals surface area contributed by atoms with Crippen LogP contribution >= 0.6 is 0 Å². The zero-order valence-electron chi connectivity index (χ0n) is 16.4. The van der Waals surface area contributed by atoms with Gasteiger partial charge in [0, 0.05) is 0 Å². The van der Waals surface area contributed by atoms with E-state index in [1.54, 1.807) is 18.2 Å². The lowest BCUT2D eigenvalue weighted by Crippen LogP contribution is -2.58. The van der Waals surface area contributed by atoms with Crippen molar-refractivity contribution in [2.75, 3.05) is 13.1 Å². The van der Waals surface area contributed by atoms with Crippen molar-refractivity contribution in [2.24, 2.45) is 5.73 Å². The standard InChI is InChI=1S/C20H22BN2O8/c22-17(11-1-4-13(24)5-2-11)19(25)23-9-14(10-23)30-15-6-3-12-7-8-21(28,29)31-18(12)16(15)20(26)27/h1-6,14,17,24,28-29H,7-10,22H2,(H,26,27)/q-1/p-1/t17-/m1/s1. The number of amides is 1. The van der Waals surface area contributed by atoms with Gasteiger partial charge in [-0.25, -0.2) is 0 Å². The summed E-state index contributed by atoms with van der Waals surface area (Å²) in [5, 5.41) is 40.6. The van der Waals surface area contributed by atoms with Crippen molar-refractivity contribution in [3.63, 3.8) is 0 Å². The number of carbonyl (C=O) groups is 2. The Morgan fingerprint density at radius 1 is 1.19 bits per heavy atom. The average Bonchev–Trinajstić information content (AvgIpc) is 2.68. The fourth-order valence-corrected chi connectivity index (χ4v) is 3.72. The molecule has 11 heteroatoms. The van der Waals surface area contributed by atoms with E-state index in [1.165, 1.54) is 23.1 Å². The lowest BCUT2D eigenvalue weighted by Gasteiger charge is -2.41. The number of phenolic OH excluding ortho intramolecular Hbond substituents is 1. The molecule has 31 heavy (non-hydrogen) atoms. The number of benzene rings is 2. The zero-order chi connectivity index (χ0) is 22.3. The number of aromatic carboxylic acids is 1. The number of hydrogen-bond acceptors (Lipinski definition) is 9. The quantitative estimate of drug-likeness (QED) is 0.433. The zero-order valence-corrected chi connectivity index (χ0v) is 16.4. The lowest BCUT2D eigenvalue weighted by molar-refractivity contribution is -0.255. The molecule has 5 N–H and O–H groups in total. The Balaban J connectivity index is 1.44. The Bertz CT molecular complexity index is 1020. The van der Waals surface area contributed by atoms with Crippen LogP contribution in [0.5, 0.6) is 17.2 Å². The Morgan fingerprint density at radius 3 is 2.52 bits per heavy atom. The molecule has 2 aliphatic rings. The molecule has 10 nitrogen and oxygen atoms in total. The second kappa shape index (κ2) is 7.76. The van der Waals surface area contributed by atoms with E-state index in [0.29, 0.717) is 11.1 Å². The summed E-state index contributed by atoms with van der Waals surface area (Å²) in [4.78, 5) is 25.7. The van der Waals surface area contributed by atoms with Gasteiger partial charge in [-0.1, -0.05) is 24.5 Å². The molecule has 1 atom stereocenters. The van der Waals surface area contributed by atoms with Gasteiger partial charge >= 0.3 is 6.75 Å². The molecule has 0 bridgehead atoms. The monoisotopic (exact) mass is 428 g/mol. The number of aryl methyl sites for hydroxylation is 1. The van der Waals surface area contributed by atoms with Gasteiger partial charge < -0.3 is 45.1 Å². The van der Waals surface area contributed by atoms with E-state index in [2.05, 4.69) is 0 Å². The van der Waals surface area contributed by atoms with Crippen molar-refractivity contribution >= 4 is 18.6 Å². The number of ether oxygens (including phenoxy) is 1. The van der Waals surface area contributed by atoms with Gasteiger partial charge in [0.2, 0.25) is 5.91 Å². The molecule has 1 amide bonds. The third-order valence-corrected chi connectivity index (χ3v) is 5.47. The van der Waals surface area contributed by atoms with Crippen molar-refractivity contribution in [3.8, 4) is 17.2 Å². The largest absolute Gasteiger partial charge is 0.669 e. The molecule has 0 aromatic heterocycles. The number of rotatable bonds is 5. The second-order valence-electron chi connectivity index (χ2n) is 7.78. The van der Waals surface area contributed by atoms with Gasteiger partial charge in [-0.2, -0.15) is 0 Å². The summed E-state index contributed by atoms with van der Waals surface area (Å²) in [5.41, 5.74) is 6.67. The predicted molar refractivity (Wildman–Crippen MR) is 106 cm³/mol. The van der Waals surface area contributed by atoms with Crippen LogP contribution in [0.4, 0.5) is 0 Å². The Morgan fingerprint density at radius 2 is 1.87 bits per heavy atom. The molecule has 2 aliphatic heterocycles. The third-order valence-electron chi connectivity index (χ3n) is 5.47. The van der Waals surface area contributed by atoms with Gasteiger partial charge in [-0.15, -0.1) is 0 Å². The van der Waals surface area contributed by atoms with Crippen molar-refractivity contribution in [3.05, 3.63) is 53.1 Å². The molecule has 1 saturated heterocycles. The van der Waals surface area contributed by atoms with E-state index in [9.17, 15) is 29.9 Å². The van der Waals surface area contributed by atoms with Crippen molar-refractivity contribution < 1.29 is 39.2 Å². The third kappa shape index (κ3) is 4.15. The number of carboxylic acid groups (broad SMARTS) is 1. The summed E-state index contributed by atoms with van der Waals surface area (Å²) < 4.78 is 10.8. The fourth-order valence-electron chi connectivity index (χ4n) is 3.72. The minimum Gasteiger partial charge on any atom is -0.669 e. The number of fused-ring (bicyclic) bond motifs is 1. The highest BCUT2D eigenvalue weighted by Crippen LogP contribution is 2.38. The van der Waals surface area contributed by atoms with Crippen LogP contribution in [-0.4, -0.2) is 57.9 Å². The van der Waals surface area contributed by atoms with Gasteiger partial charge in [0.05, 0.1) is 30.4 Å². The van der Waals surface area contributed by atoms with E-state index in [0.717, 1.165) is 0 Å². The topological polar surface area (TPSA) is 166 Å². The first-order chi connectivity index (χ1) is 14.6.